The summed E-state index contributed by atoms with van der Waals surface area (Å²) in [7, 11) is 1.61. The first-order valence-electron chi connectivity index (χ1n) is 11.6. The van der Waals surface area contributed by atoms with E-state index in [1.54, 1.807) is 31.0 Å². The first kappa shape index (κ1) is 27.9. The molecule has 10 heteroatoms. The standard InChI is InChI=1S/C24H38N4O5S/c1-7-12-25-24(30)27(6)16-22-18(2)15-28(19(3)17-29)34(31,32)23-11-10-20(14-21(23)33-22)9-8-13-26(4)5/h10-11,14,18-19,22,29H,7,12-13,15-17H2,1-6H3,(H,25,30)/t18-,19-,22+/m0/s1. The van der Waals surface area contributed by atoms with Crippen LogP contribution in [-0.4, -0.2) is 99.7 Å². The number of carbonyl (C=O) groups excluding carboxylic acids is 1. The van der Waals surface area contributed by atoms with Gasteiger partial charge in [-0.15, -0.1) is 0 Å². The minimum absolute atomic E-state index is 0.0287. The van der Waals surface area contributed by atoms with Crippen LogP contribution in [0.5, 0.6) is 5.75 Å². The third-order valence-electron chi connectivity index (χ3n) is 5.62. The number of amides is 2. The first-order valence-corrected chi connectivity index (χ1v) is 13.0. The lowest BCUT2D eigenvalue weighted by Crippen LogP contribution is -2.51. The number of sulfonamides is 1. The number of urea groups is 1. The van der Waals surface area contributed by atoms with Gasteiger partial charge in [-0.1, -0.05) is 25.7 Å². The first-order chi connectivity index (χ1) is 16.0. The summed E-state index contributed by atoms with van der Waals surface area (Å²) in [6, 6.07) is 3.99. The van der Waals surface area contributed by atoms with Gasteiger partial charge < -0.3 is 20.1 Å². The highest BCUT2D eigenvalue weighted by atomic mass is 32.2. The van der Waals surface area contributed by atoms with Gasteiger partial charge in [0.1, 0.15) is 16.7 Å². The highest BCUT2D eigenvalue weighted by Gasteiger charge is 2.38. The van der Waals surface area contributed by atoms with Crippen LogP contribution in [0.15, 0.2) is 23.1 Å². The average molecular weight is 495 g/mol. The Hall–Kier alpha value is -2.32. The maximum atomic E-state index is 13.5. The molecular weight excluding hydrogens is 456 g/mol. The second-order valence-corrected chi connectivity index (χ2v) is 10.9. The summed E-state index contributed by atoms with van der Waals surface area (Å²) in [5.74, 6) is 6.05. The fourth-order valence-electron chi connectivity index (χ4n) is 3.54. The van der Waals surface area contributed by atoms with Gasteiger partial charge in [0.15, 0.2) is 0 Å². The zero-order chi connectivity index (χ0) is 25.5. The molecule has 1 aromatic rings. The van der Waals surface area contributed by atoms with Crippen molar-refractivity contribution in [3.8, 4) is 17.6 Å². The van der Waals surface area contributed by atoms with E-state index in [-0.39, 0.29) is 42.3 Å². The number of ether oxygens (including phenoxy) is 1. The Labute approximate surface area is 204 Å². The monoisotopic (exact) mass is 494 g/mol. The molecule has 2 rings (SSSR count). The molecule has 1 aliphatic rings. The number of hydrogen-bond donors (Lipinski definition) is 2. The summed E-state index contributed by atoms with van der Waals surface area (Å²) >= 11 is 0. The van der Waals surface area contributed by atoms with Gasteiger partial charge >= 0.3 is 6.03 Å². The van der Waals surface area contributed by atoms with Crippen LogP contribution in [0.3, 0.4) is 0 Å². The number of fused-ring (bicyclic) bond motifs is 1. The topological polar surface area (TPSA) is 102 Å². The molecule has 9 nitrogen and oxygen atoms in total. The number of aliphatic hydroxyl groups excluding tert-OH is 1. The molecule has 0 saturated carbocycles. The molecule has 0 bridgehead atoms. The van der Waals surface area contributed by atoms with Crippen LogP contribution in [-0.2, 0) is 10.0 Å². The van der Waals surface area contributed by atoms with Crippen molar-refractivity contribution < 1.29 is 23.1 Å². The van der Waals surface area contributed by atoms with Crippen molar-refractivity contribution in [1.82, 2.24) is 19.4 Å². The lowest BCUT2D eigenvalue weighted by molar-refractivity contribution is 0.0812. The number of likely N-dealkylation sites (N-methyl/N-ethyl adjacent to an activating group) is 1. The van der Waals surface area contributed by atoms with Crippen molar-refractivity contribution in [2.75, 3.05) is 53.9 Å². The fourth-order valence-corrected chi connectivity index (χ4v) is 5.37. The number of nitrogens with zero attached hydrogens (tertiary/aromatic N) is 3. The van der Waals surface area contributed by atoms with E-state index < -0.39 is 22.2 Å². The fraction of sp³-hybridized carbons (Fsp3) is 0.625. The molecule has 1 aromatic carbocycles. The smallest absolute Gasteiger partial charge is 0.317 e. The minimum atomic E-state index is -3.92. The van der Waals surface area contributed by atoms with E-state index in [9.17, 15) is 18.3 Å². The third kappa shape index (κ3) is 7.09. The third-order valence-corrected chi connectivity index (χ3v) is 7.64. The lowest BCUT2D eigenvalue weighted by Gasteiger charge is -2.37. The molecule has 0 aromatic heterocycles. The van der Waals surface area contributed by atoms with Gasteiger partial charge in [-0.05, 0) is 45.6 Å². The molecule has 3 atom stereocenters. The molecule has 2 amide bonds. The molecule has 1 aliphatic heterocycles. The van der Waals surface area contributed by atoms with E-state index in [0.717, 1.165) is 6.42 Å². The molecule has 0 fully saturated rings. The van der Waals surface area contributed by atoms with Crippen molar-refractivity contribution in [3.63, 3.8) is 0 Å². The van der Waals surface area contributed by atoms with Gasteiger partial charge in [-0.3, -0.25) is 4.90 Å². The van der Waals surface area contributed by atoms with Gasteiger partial charge in [-0.2, -0.15) is 4.31 Å². The molecule has 0 spiro atoms. The maximum Gasteiger partial charge on any atom is 0.317 e. The Morgan fingerprint density at radius 3 is 2.68 bits per heavy atom. The van der Waals surface area contributed by atoms with Crippen molar-refractivity contribution in [1.29, 1.82) is 0 Å². The normalized spacial score (nSPS) is 20.7. The van der Waals surface area contributed by atoms with Crippen molar-refractivity contribution in [2.24, 2.45) is 5.92 Å². The number of carbonyl (C=O) groups is 1. The Morgan fingerprint density at radius 2 is 2.06 bits per heavy atom. The number of rotatable bonds is 7. The average Bonchev–Trinajstić information content (AvgIpc) is 2.78. The molecule has 1 heterocycles. The molecule has 0 radical (unpaired) electrons. The summed E-state index contributed by atoms with van der Waals surface area (Å²) in [5, 5.41) is 12.6. The van der Waals surface area contributed by atoms with E-state index in [0.29, 0.717) is 18.7 Å². The van der Waals surface area contributed by atoms with Crippen LogP contribution >= 0.6 is 0 Å². The van der Waals surface area contributed by atoms with Crippen molar-refractivity contribution in [2.45, 2.75) is 44.2 Å². The van der Waals surface area contributed by atoms with Crippen LogP contribution in [0.4, 0.5) is 4.79 Å². The van der Waals surface area contributed by atoms with E-state index in [4.69, 9.17) is 4.74 Å². The zero-order valence-electron chi connectivity index (χ0n) is 21.0. The second kappa shape index (κ2) is 12.4. The maximum absolute atomic E-state index is 13.5. The second-order valence-electron chi connectivity index (χ2n) is 9.05. The van der Waals surface area contributed by atoms with Gasteiger partial charge in [0.25, 0.3) is 0 Å². The summed E-state index contributed by atoms with van der Waals surface area (Å²) in [6.07, 6.45) is 0.359. The van der Waals surface area contributed by atoms with Crippen molar-refractivity contribution in [3.05, 3.63) is 23.8 Å². The van der Waals surface area contributed by atoms with Crippen LogP contribution < -0.4 is 10.1 Å². The van der Waals surface area contributed by atoms with E-state index >= 15 is 0 Å². The highest BCUT2D eigenvalue weighted by molar-refractivity contribution is 7.89. The minimum Gasteiger partial charge on any atom is -0.487 e. The SMILES string of the molecule is CCCNC(=O)N(C)C[C@H]1Oc2cc(C#CCN(C)C)ccc2S(=O)(=O)N([C@@H](C)CO)C[C@@H]1C. The van der Waals surface area contributed by atoms with Crippen molar-refractivity contribution >= 4 is 16.1 Å². The lowest BCUT2D eigenvalue weighted by atomic mass is 10.0. The summed E-state index contributed by atoms with van der Waals surface area (Å²) in [4.78, 5) is 15.9. The van der Waals surface area contributed by atoms with Crippen LogP contribution in [0, 0.1) is 17.8 Å². The predicted molar refractivity (Wildman–Crippen MR) is 132 cm³/mol. The van der Waals surface area contributed by atoms with E-state index in [1.807, 2.05) is 32.8 Å². The number of nitrogens with one attached hydrogen (secondary N) is 1. The summed E-state index contributed by atoms with van der Waals surface area (Å²) in [5.41, 5.74) is 0.638. The van der Waals surface area contributed by atoms with E-state index in [2.05, 4.69) is 17.2 Å². The predicted octanol–water partition coefficient (Wildman–Crippen LogP) is 1.42. The molecule has 0 aliphatic carbocycles. The summed E-state index contributed by atoms with van der Waals surface area (Å²) in [6.45, 7) is 6.80. The number of hydrogen-bond acceptors (Lipinski definition) is 6. The number of benzene rings is 1. The zero-order valence-corrected chi connectivity index (χ0v) is 21.9. The molecule has 0 saturated heterocycles. The Morgan fingerprint density at radius 1 is 1.35 bits per heavy atom. The van der Waals surface area contributed by atoms with Gasteiger partial charge in [0, 0.05) is 37.7 Å². The molecule has 190 valence electrons. The Bertz CT molecular complexity index is 1000. The molecular formula is C24H38N4O5S. The van der Waals surface area contributed by atoms with Crippen LogP contribution in [0.1, 0.15) is 32.8 Å². The molecule has 34 heavy (non-hydrogen) atoms. The van der Waals surface area contributed by atoms with Crippen LogP contribution in [0.25, 0.3) is 0 Å². The molecule has 2 N–H and O–H groups in total. The van der Waals surface area contributed by atoms with Gasteiger partial charge in [-0.25, -0.2) is 13.2 Å². The number of aliphatic hydroxyl groups is 1. The van der Waals surface area contributed by atoms with Crippen LogP contribution in [0.2, 0.25) is 0 Å². The largest absolute Gasteiger partial charge is 0.487 e. The van der Waals surface area contributed by atoms with E-state index in [1.165, 1.54) is 10.4 Å². The Balaban J connectivity index is 2.48. The Kier molecular flexibility index (Phi) is 10.2. The molecule has 0 unspecified atom stereocenters. The summed E-state index contributed by atoms with van der Waals surface area (Å²) < 4.78 is 34.6. The van der Waals surface area contributed by atoms with Gasteiger partial charge in [0.2, 0.25) is 10.0 Å². The quantitative estimate of drug-likeness (QED) is 0.556. The van der Waals surface area contributed by atoms with Gasteiger partial charge in [0.05, 0.1) is 19.7 Å². The highest BCUT2D eigenvalue weighted by Crippen LogP contribution is 2.34.